The summed E-state index contributed by atoms with van der Waals surface area (Å²) in [5.74, 6) is 0.467. The second-order valence-corrected chi connectivity index (χ2v) is 4.80. The number of hydrogen-bond acceptors (Lipinski definition) is 3. The summed E-state index contributed by atoms with van der Waals surface area (Å²) in [6.07, 6.45) is 0.660. The monoisotopic (exact) mass is 274 g/mol. The van der Waals surface area contributed by atoms with Crippen LogP contribution in [0.5, 0.6) is 11.5 Å². The van der Waals surface area contributed by atoms with Gasteiger partial charge in [-0.1, -0.05) is 12.1 Å². The molecule has 0 saturated carbocycles. The van der Waals surface area contributed by atoms with E-state index in [1.54, 1.807) is 12.1 Å². The highest BCUT2D eigenvalue weighted by molar-refractivity contribution is 5.50. The summed E-state index contributed by atoms with van der Waals surface area (Å²) < 4.78 is 19.5. The molecule has 0 saturated heterocycles. The Morgan fingerprint density at radius 2 is 1.95 bits per heavy atom. The van der Waals surface area contributed by atoms with E-state index < -0.39 is 0 Å². The molecule has 2 N–H and O–H groups in total. The van der Waals surface area contributed by atoms with Crippen LogP contribution in [0.2, 0.25) is 0 Å². The number of hydrogen-bond donors (Lipinski definition) is 1. The third-order valence-corrected chi connectivity index (χ3v) is 2.99. The first-order valence-electron chi connectivity index (χ1n) is 6.54. The van der Waals surface area contributed by atoms with Gasteiger partial charge in [-0.15, -0.1) is 0 Å². The van der Waals surface area contributed by atoms with Crippen molar-refractivity contribution in [3.8, 4) is 11.5 Å². The fraction of sp³-hybridized carbons (Fsp3) is 0.250. The Morgan fingerprint density at radius 1 is 1.15 bits per heavy atom. The molecule has 0 spiro atoms. The zero-order chi connectivity index (χ0) is 14.5. The van der Waals surface area contributed by atoms with E-state index in [1.807, 2.05) is 43.3 Å². The number of benzene rings is 2. The summed E-state index contributed by atoms with van der Waals surface area (Å²) in [5, 5.41) is 0. The molecule has 0 atom stereocenters. The summed E-state index contributed by atoms with van der Waals surface area (Å²) >= 11 is 0. The lowest BCUT2D eigenvalue weighted by molar-refractivity contribution is 0.441. The largest absolute Gasteiger partial charge is 0.454 e. The minimum absolute atomic E-state index is 0.224. The molecular formula is C16H19FN2O. The standard InChI is InChI=1S/C16H19FN2O/c1-19(2)13-4-3-5-14(11-13)20-16-7-6-12(8-9-18)10-15(16)17/h3-7,10-11H,8-9,18H2,1-2H3. The second-order valence-electron chi connectivity index (χ2n) is 4.80. The normalized spacial score (nSPS) is 10.4. The predicted octanol–water partition coefficient (Wildman–Crippen LogP) is 3.19. The van der Waals surface area contributed by atoms with Crippen LogP contribution in [-0.4, -0.2) is 20.6 Å². The minimum atomic E-state index is -0.369. The zero-order valence-corrected chi connectivity index (χ0v) is 11.8. The molecule has 0 aliphatic rings. The van der Waals surface area contributed by atoms with Crippen molar-refractivity contribution in [2.45, 2.75) is 6.42 Å². The second kappa shape index (κ2) is 6.39. The molecule has 0 heterocycles. The average Bonchev–Trinajstić information content (AvgIpc) is 2.42. The maximum atomic E-state index is 13.9. The van der Waals surface area contributed by atoms with Crippen molar-refractivity contribution in [3.63, 3.8) is 0 Å². The van der Waals surface area contributed by atoms with Crippen LogP contribution in [0.4, 0.5) is 10.1 Å². The van der Waals surface area contributed by atoms with Crippen molar-refractivity contribution in [2.75, 3.05) is 25.5 Å². The van der Waals surface area contributed by atoms with E-state index in [9.17, 15) is 4.39 Å². The molecule has 2 aromatic carbocycles. The smallest absolute Gasteiger partial charge is 0.165 e. The number of anilines is 1. The number of halogens is 1. The van der Waals surface area contributed by atoms with Gasteiger partial charge in [0, 0.05) is 25.8 Å². The van der Waals surface area contributed by atoms with Crippen LogP contribution in [0.1, 0.15) is 5.56 Å². The highest BCUT2D eigenvalue weighted by Gasteiger charge is 2.07. The number of ether oxygens (including phenoxy) is 1. The van der Waals surface area contributed by atoms with Gasteiger partial charge in [-0.2, -0.15) is 0 Å². The summed E-state index contributed by atoms with van der Waals surface area (Å²) in [6, 6.07) is 12.5. The molecule has 0 aliphatic heterocycles. The molecule has 106 valence electrons. The van der Waals surface area contributed by atoms with E-state index in [0.29, 0.717) is 18.7 Å². The lowest BCUT2D eigenvalue weighted by Gasteiger charge is -2.14. The van der Waals surface area contributed by atoms with Crippen molar-refractivity contribution in [3.05, 3.63) is 53.8 Å². The molecule has 20 heavy (non-hydrogen) atoms. The van der Waals surface area contributed by atoms with Crippen molar-refractivity contribution in [2.24, 2.45) is 5.73 Å². The summed E-state index contributed by atoms with van der Waals surface area (Å²) in [7, 11) is 3.89. The van der Waals surface area contributed by atoms with E-state index in [2.05, 4.69) is 0 Å². The molecule has 3 nitrogen and oxygen atoms in total. The molecule has 0 unspecified atom stereocenters. The van der Waals surface area contributed by atoms with Gasteiger partial charge in [0.1, 0.15) is 5.75 Å². The van der Waals surface area contributed by atoms with E-state index in [1.165, 1.54) is 6.07 Å². The quantitative estimate of drug-likeness (QED) is 0.910. The Balaban J connectivity index is 2.19. The van der Waals surface area contributed by atoms with Crippen molar-refractivity contribution in [1.29, 1.82) is 0 Å². The van der Waals surface area contributed by atoms with Crippen LogP contribution >= 0.6 is 0 Å². The molecule has 0 aliphatic carbocycles. The lowest BCUT2D eigenvalue weighted by Crippen LogP contribution is -2.08. The van der Waals surface area contributed by atoms with Crippen molar-refractivity contribution >= 4 is 5.69 Å². The number of nitrogens with two attached hydrogens (primary N) is 1. The van der Waals surface area contributed by atoms with Gasteiger partial charge in [-0.3, -0.25) is 0 Å². The van der Waals surface area contributed by atoms with Crippen LogP contribution in [0.3, 0.4) is 0 Å². The Bertz CT molecular complexity index is 584. The maximum absolute atomic E-state index is 13.9. The van der Waals surface area contributed by atoms with Gasteiger partial charge >= 0.3 is 0 Å². The Kier molecular flexibility index (Phi) is 4.58. The van der Waals surface area contributed by atoms with Crippen LogP contribution < -0.4 is 15.4 Å². The van der Waals surface area contributed by atoms with E-state index in [0.717, 1.165) is 11.3 Å². The molecule has 0 aromatic heterocycles. The summed E-state index contributed by atoms with van der Waals surface area (Å²) in [5.41, 5.74) is 7.34. The SMILES string of the molecule is CN(C)c1cccc(Oc2ccc(CCN)cc2F)c1. The molecule has 0 fully saturated rings. The third kappa shape index (κ3) is 3.48. The summed E-state index contributed by atoms with van der Waals surface area (Å²) in [6.45, 7) is 0.504. The van der Waals surface area contributed by atoms with Crippen LogP contribution in [0, 0.1) is 5.82 Å². The van der Waals surface area contributed by atoms with E-state index in [4.69, 9.17) is 10.5 Å². The number of rotatable bonds is 5. The lowest BCUT2D eigenvalue weighted by atomic mass is 10.1. The molecule has 4 heteroatoms. The molecular weight excluding hydrogens is 255 g/mol. The Morgan fingerprint density at radius 3 is 2.60 bits per heavy atom. The van der Waals surface area contributed by atoms with Crippen molar-refractivity contribution in [1.82, 2.24) is 0 Å². The Labute approximate surface area is 118 Å². The minimum Gasteiger partial charge on any atom is -0.454 e. The molecule has 0 bridgehead atoms. The van der Waals surface area contributed by atoms with Gasteiger partial charge in [-0.05, 0) is 42.8 Å². The topological polar surface area (TPSA) is 38.5 Å². The molecule has 2 aromatic rings. The zero-order valence-electron chi connectivity index (χ0n) is 11.8. The molecule has 0 radical (unpaired) electrons. The fourth-order valence-electron chi connectivity index (χ4n) is 1.90. The highest BCUT2D eigenvalue weighted by atomic mass is 19.1. The van der Waals surface area contributed by atoms with Gasteiger partial charge in [0.15, 0.2) is 11.6 Å². The van der Waals surface area contributed by atoms with Crippen molar-refractivity contribution < 1.29 is 9.13 Å². The van der Waals surface area contributed by atoms with Gasteiger partial charge in [0.2, 0.25) is 0 Å². The molecule has 2 rings (SSSR count). The first-order chi connectivity index (χ1) is 9.60. The van der Waals surface area contributed by atoms with Gasteiger partial charge in [-0.25, -0.2) is 4.39 Å². The van der Waals surface area contributed by atoms with Gasteiger partial charge in [0.05, 0.1) is 0 Å². The van der Waals surface area contributed by atoms with E-state index >= 15 is 0 Å². The summed E-state index contributed by atoms with van der Waals surface area (Å²) in [4.78, 5) is 1.97. The average molecular weight is 274 g/mol. The van der Waals surface area contributed by atoms with Gasteiger partial charge in [0.25, 0.3) is 0 Å². The third-order valence-electron chi connectivity index (χ3n) is 2.99. The fourth-order valence-corrected chi connectivity index (χ4v) is 1.90. The van der Waals surface area contributed by atoms with Crippen LogP contribution in [0.15, 0.2) is 42.5 Å². The first-order valence-corrected chi connectivity index (χ1v) is 6.54. The first kappa shape index (κ1) is 14.3. The predicted molar refractivity (Wildman–Crippen MR) is 80.0 cm³/mol. The Hall–Kier alpha value is -2.07. The van der Waals surface area contributed by atoms with E-state index in [-0.39, 0.29) is 11.6 Å². The van der Waals surface area contributed by atoms with Gasteiger partial charge < -0.3 is 15.4 Å². The maximum Gasteiger partial charge on any atom is 0.165 e. The number of nitrogens with zero attached hydrogens (tertiary/aromatic N) is 1. The van der Waals surface area contributed by atoms with Crippen LogP contribution in [-0.2, 0) is 6.42 Å². The highest BCUT2D eigenvalue weighted by Crippen LogP contribution is 2.27. The van der Waals surface area contributed by atoms with Crippen LogP contribution in [0.25, 0.3) is 0 Å². The molecule has 0 amide bonds.